The van der Waals surface area contributed by atoms with Crippen LogP contribution in [-0.2, 0) is 4.84 Å². The molecule has 0 aromatic heterocycles. The van der Waals surface area contributed by atoms with Crippen molar-refractivity contribution in [3.63, 3.8) is 0 Å². The number of carbonyl (C=O) groups is 1. The number of hydrogen-bond donors (Lipinski definition) is 1. The van der Waals surface area contributed by atoms with Crippen molar-refractivity contribution in [3.05, 3.63) is 70.0 Å². The van der Waals surface area contributed by atoms with Crippen molar-refractivity contribution < 1.29 is 14.0 Å². The van der Waals surface area contributed by atoms with Crippen LogP contribution in [0.4, 0.5) is 4.39 Å². The molecule has 0 saturated carbocycles. The van der Waals surface area contributed by atoms with E-state index in [4.69, 9.17) is 16.4 Å². The van der Waals surface area contributed by atoms with Gasteiger partial charge >= 0.3 is 0 Å². The van der Waals surface area contributed by atoms with E-state index in [1.807, 2.05) is 31.2 Å². The van der Waals surface area contributed by atoms with Crippen LogP contribution in [0.25, 0.3) is 0 Å². The minimum absolute atomic E-state index is 0.0800. The Kier molecular flexibility index (Phi) is 4.81. The van der Waals surface area contributed by atoms with Gasteiger partial charge in [0.15, 0.2) is 0 Å². The Morgan fingerprint density at radius 2 is 2.08 bits per heavy atom. The predicted octanol–water partition coefficient (Wildman–Crippen LogP) is 3.71. The maximum absolute atomic E-state index is 13.7. The lowest BCUT2D eigenvalue weighted by Gasteiger charge is -2.11. The fourth-order valence-electron chi connectivity index (χ4n) is 2.46. The monoisotopic (exact) mass is 346 g/mol. The fourth-order valence-corrected chi connectivity index (χ4v) is 2.71. The number of hydrogen-bond acceptors (Lipinski definition) is 3. The van der Waals surface area contributed by atoms with Crippen LogP contribution in [0.15, 0.2) is 47.6 Å². The maximum Gasteiger partial charge on any atom is 0.255 e. The number of nitrogens with one attached hydrogen (secondary N) is 1. The summed E-state index contributed by atoms with van der Waals surface area (Å²) < 4.78 is 13.7. The number of aryl methyl sites for hydroxylation is 1. The Morgan fingerprint density at radius 3 is 2.79 bits per heavy atom. The fraction of sp³-hybridized carbons (Fsp3) is 0.222. The van der Waals surface area contributed by atoms with Gasteiger partial charge in [0, 0.05) is 6.42 Å². The van der Waals surface area contributed by atoms with Crippen LogP contribution >= 0.6 is 11.6 Å². The normalized spacial score (nSPS) is 16.5. The minimum atomic E-state index is -0.649. The summed E-state index contributed by atoms with van der Waals surface area (Å²) in [5, 5.41) is 6.79. The van der Waals surface area contributed by atoms with Gasteiger partial charge in [0.05, 0.1) is 22.8 Å². The SMILES string of the molecule is Cc1ccc(C2=NOC(CNC(=O)c3c(F)cccc3Cl)C2)cc1. The maximum atomic E-state index is 13.7. The highest BCUT2D eigenvalue weighted by atomic mass is 35.5. The van der Waals surface area contributed by atoms with E-state index in [0.29, 0.717) is 6.42 Å². The molecule has 124 valence electrons. The van der Waals surface area contributed by atoms with Gasteiger partial charge in [-0.15, -0.1) is 0 Å². The number of benzene rings is 2. The first kappa shape index (κ1) is 16.5. The molecule has 1 heterocycles. The molecule has 1 aliphatic rings. The largest absolute Gasteiger partial charge is 0.390 e. The number of nitrogens with zero attached hydrogens (tertiary/aromatic N) is 1. The van der Waals surface area contributed by atoms with Crippen molar-refractivity contribution in [2.75, 3.05) is 6.54 Å². The third-order valence-corrected chi connectivity index (χ3v) is 4.11. The molecule has 1 amide bonds. The van der Waals surface area contributed by atoms with Crippen molar-refractivity contribution in [1.82, 2.24) is 5.32 Å². The van der Waals surface area contributed by atoms with Crippen LogP contribution in [0.3, 0.4) is 0 Å². The summed E-state index contributed by atoms with van der Waals surface area (Å²) in [7, 11) is 0. The molecule has 0 spiro atoms. The van der Waals surface area contributed by atoms with Crippen molar-refractivity contribution in [1.29, 1.82) is 0 Å². The smallest absolute Gasteiger partial charge is 0.255 e. The van der Waals surface area contributed by atoms with E-state index in [1.165, 1.54) is 23.8 Å². The van der Waals surface area contributed by atoms with Crippen LogP contribution in [0.5, 0.6) is 0 Å². The van der Waals surface area contributed by atoms with Gasteiger partial charge in [-0.3, -0.25) is 4.79 Å². The van der Waals surface area contributed by atoms with Crippen molar-refractivity contribution >= 4 is 23.2 Å². The zero-order valence-electron chi connectivity index (χ0n) is 13.1. The second-order valence-corrected chi connectivity index (χ2v) is 6.05. The highest BCUT2D eigenvalue weighted by Gasteiger charge is 2.24. The molecule has 0 aliphatic carbocycles. The number of oxime groups is 1. The molecule has 0 saturated heterocycles. The summed E-state index contributed by atoms with van der Waals surface area (Å²) in [5.41, 5.74) is 2.84. The summed E-state index contributed by atoms with van der Waals surface area (Å²) in [6, 6.07) is 12.1. The highest BCUT2D eigenvalue weighted by Crippen LogP contribution is 2.20. The summed E-state index contributed by atoms with van der Waals surface area (Å²) in [4.78, 5) is 17.4. The Balaban J connectivity index is 1.57. The Labute approximate surface area is 144 Å². The molecular weight excluding hydrogens is 331 g/mol. The molecule has 1 N–H and O–H groups in total. The summed E-state index contributed by atoms with van der Waals surface area (Å²) in [6.45, 7) is 2.24. The second-order valence-electron chi connectivity index (χ2n) is 5.64. The molecule has 1 aliphatic heterocycles. The second kappa shape index (κ2) is 7.01. The molecule has 3 rings (SSSR count). The van der Waals surface area contributed by atoms with Crippen LogP contribution < -0.4 is 5.32 Å². The first-order valence-electron chi connectivity index (χ1n) is 7.56. The highest BCUT2D eigenvalue weighted by molar-refractivity contribution is 6.33. The van der Waals surface area contributed by atoms with Gasteiger partial charge in [0.1, 0.15) is 11.9 Å². The topological polar surface area (TPSA) is 50.7 Å². The van der Waals surface area contributed by atoms with E-state index < -0.39 is 11.7 Å². The van der Waals surface area contributed by atoms with E-state index in [9.17, 15) is 9.18 Å². The molecule has 6 heteroatoms. The lowest BCUT2D eigenvalue weighted by Crippen LogP contribution is -2.33. The van der Waals surface area contributed by atoms with Gasteiger partial charge in [-0.25, -0.2) is 4.39 Å². The van der Waals surface area contributed by atoms with Crippen molar-refractivity contribution in [2.24, 2.45) is 5.16 Å². The van der Waals surface area contributed by atoms with Gasteiger partial charge < -0.3 is 10.2 Å². The predicted molar refractivity (Wildman–Crippen MR) is 90.9 cm³/mol. The van der Waals surface area contributed by atoms with Gasteiger partial charge in [-0.1, -0.05) is 52.7 Å². The quantitative estimate of drug-likeness (QED) is 0.917. The zero-order valence-corrected chi connectivity index (χ0v) is 13.8. The molecule has 1 atom stereocenters. The lowest BCUT2D eigenvalue weighted by molar-refractivity contribution is 0.0752. The number of carbonyl (C=O) groups excluding carboxylic acids is 1. The van der Waals surface area contributed by atoms with E-state index in [-0.39, 0.29) is 23.2 Å². The van der Waals surface area contributed by atoms with Crippen molar-refractivity contribution in [3.8, 4) is 0 Å². The van der Waals surface area contributed by atoms with E-state index >= 15 is 0 Å². The molecule has 2 aromatic carbocycles. The molecule has 1 unspecified atom stereocenters. The van der Waals surface area contributed by atoms with Gasteiger partial charge in [0.2, 0.25) is 0 Å². The van der Waals surface area contributed by atoms with Crippen LogP contribution in [0.1, 0.15) is 27.9 Å². The van der Waals surface area contributed by atoms with E-state index in [2.05, 4.69) is 10.5 Å². The Morgan fingerprint density at radius 1 is 1.33 bits per heavy atom. The van der Waals surface area contributed by atoms with Crippen molar-refractivity contribution in [2.45, 2.75) is 19.4 Å². The molecule has 0 radical (unpaired) electrons. The van der Waals surface area contributed by atoms with Gasteiger partial charge in [-0.05, 0) is 24.6 Å². The molecular formula is C18H16ClFN2O2. The van der Waals surface area contributed by atoms with Crippen LogP contribution in [0.2, 0.25) is 5.02 Å². The summed E-state index contributed by atoms with van der Waals surface area (Å²) >= 11 is 5.88. The molecule has 24 heavy (non-hydrogen) atoms. The zero-order chi connectivity index (χ0) is 17.1. The Bertz CT molecular complexity index is 770. The summed E-state index contributed by atoms with van der Waals surface area (Å²) in [6.07, 6.45) is 0.296. The van der Waals surface area contributed by atoms with E-state index in [1.54, 1.807) is 0 Å². The third-order valence-electron chi connectivity index (χ3n) is 3.80. The molecule has 0 bridgehead atoms. The molecule has 4 nitrogen and oxygen atoms in total. The average molecular weight is 347 g/mol. The number of amides is 1. The molecule has 0 fully saturated rings. The van der Waals surface area contributed by atoms with E-state index in [0.717, 1.165) is 11.3 Å². The van der Waals surface area contributed by atoms with Gasteiger partial charge in [0.25, 0.3) is 5.91 Å². The average Bonchev–Trinajstić information content (AvgIpc) is 3.02. The standard InChI is InChI=1S/C18H16ClFN2O2/c1-11-5-7-12(8-6-11)16-9-13(24-22-16)10-21-18(23)17-14(19)3-2-4-15(17)20/h2-8,13H,9-10H2,1H3,(H,21,23). The molecule has 2 aromatic rings. The Hall–Kier alpha value is -2.40. The number of halogens is 2. The van der Waals surface area contributed by atoms with Crippen LogP contribution in [0, 0.1) is 12.7 Å². The summed E-state index contributed by atoms with van der Waals surface area (Å²) in [5.74, 6) is -1.21. The first-order chi connectivity index (χ1) is 11.5. The minimum Gasteiger partial charge on any atom is -0.390 e. The van der Waals surface area contributed by atoms with Gasteiger partial charge in [-0.2, -0.15) is 0 Å². The third kappa shape index (κ3) is 3.57. The van der Waals surface area contributed by atoms with Crippen LogP contribution in [-0.4, -0.2) is 24.3 Å². The lowest BCUT2D eigenvalue weighted by atomic mass is 10.0. The number of rotatable bonds is 4. The first-order valence-corrected chi connectivity index (χ1v) is 7.94.